The van der Waals surface area contributed by atoms with Crippen LogP contribution in [0.15, 0.2) is 61.2 Å². The topological polar surface area (TPSA) is 180 Å². The number of benzene rings is 2. The molecule has 0 unspecified atom stereocenters. The van der Waals surface area contributed by atoms with Crippen LogP contribution in [-0.4, -0.2) is 79.1 Å². The van der Waals surface area contributed by atoms with Crippen LogP contribution in [0.4, 0.5) is 22.9 Å². The minimum absolute atomic E-state index is 0.0272. The summed E-state index contributed by atoms with van der Waals surface area (Å²) in [7, 11) is -1.54. The van der Waals surface area contributed by atoms with Crippen molar-refractivity contribution in [3.8, 4) is 11.6 Å². The molecule has 1 saturated heterocycles. The van der Waals surface area contributed by atoms with Gasteiger partial charge in [-0.3, -0.25) is 14.1 Å². The quantitative estimate of drug-likeness (QED) is 0.210. The zero-order valence-electron chi connectivity index (χ0n) is 23.7. The number of nitrogens with two attached hydrogens (primary N) is 1. The number of amides is 2. The van der Waals surface area contributed by atoms with Crippen molar-refractivity contribution in [3.05, 3.63) is 72.6 Å². The number of rotatable bonds is 9. The molecule has 0 saturated carbocycles. The van der Waals surface area contributed by atoms with E-state index in [1.165, 1.54) is 6.08 Å². The molecular formula is C28H35N7O6S. The first-order valence-corrected chi connectivity index (χ1v) is 14.9. The fraction of sp³-hybridized carbons (Fsp3) is 0.286. The van der Waals surface area contributed by atoms with Gasteiger partial charge in [0.05, 0.1) is 6.26 Å². The highest BCUT2D eigenvalue weighted by Gasteiger charge is 2.19. The molecule has 224 valence electrons. The maximum absolute atomic E-state index is 12.2. The van der Waals surface area contributed by atoms with Crippen molar-refractivity contribution in [2.45, 2.75) is 13.3 Å². The summed E-state index contributed by atoms with van der Waals surface area (Å²) in [4.78, 5) is 37.5. The van der Waals surface area contributed by atoms with E-state index in [2.05, 4.69) is 44.0 Å². The highest BCUT2D eigenvalue weighted by molar-refractivity contribution is 7.85. The van der Waals surface area contributed by atoms with Gasteiger partial charge in [0.15, 0.2) is 11.5 Å². The van der Waals surface area contributed by atoms with E-state index in [1.54, 1.807) is 24.3 Å². The molecule has 1 aliphatic rings. The summed E-state index contributed by atoms with van der Waals surface area (Å²) < 4.78 is 31.9. The van der Waals surface area contributed by atoms with E-state index < -0.39 is 16.0 Å². The van der Waals surface area contributed by atoms with Crippen LogP contribution in [0.5, 0.6) is 11.6 Å². The van der Waals surface area contributed by atoms with Gasteiger partial charge in [0.1, 0.15) is 11.4 Å². The first-order chi connectivity index (χ1) is 19.9. The second-order valence-corrected chi connectivity index (χ2v) is 10.9. The van der Waals surface area contributed by atoms with Gasteiger partial charge >= 0.3 is 0 Å². The molecule has 14 heteroatoms. The van der Waals surface area contributed by atoms with E-state index >= 15 is 0 Å². The summed E-state index contributed by atoms with van der Waals surface area (Å²) in [5, 5.41) is 5.86. The molecule has 1 aliphatic heterocycles. The highest BCUT2D eigenvalue weighted by Crippen LogP contribution is 2.29. The number of aromatic nitrogens is 2. The van der Waals surface area contributed by atoms with Crippen LogP contribution >= 0.6 is 0 Å². The van der Waals surface area contributed by atoms with E-state index in [1.807, 2.05) is 31.2 Å². The van der Waals surface area contributed by atoms with E-state index in [0.717, 1.165) is 37.6 Å². The van der Waals surface area contributed by atoms with Crippen LogP contribution in [0.25, 0.3) is 0 Å². The number of carbonyl (C=O) groups excluding carboxylic acids is 2. The first kappa shape index (κ1) is 32.0. The summed E-state index contributed by atoms with van der Waals surface area (Å²) in [6.45, 7) is 9.32. The second kappa shape index (κ2) is 14.4. The number of hydrogen-bond acceptors (Lipinski definition) is 10. The lowest BCUT2D eigenvalue weighted by Crippen LogP contribution is -2.44. The maximum Gasteiger partial charge on any atom is 0.271 e. The smallest absolute Gasteiger partial charge is 0.271 e. The van der Waals surface area contributed by atoms with Crippen LogP contribution in [0.3, 0.4) is 0 Å². The Bertz CT molecular complexity index is 1510. The summed E-state index contributed by atoms with van der Waals surface area (Å²) in [6.07, 6.45) is 2.37. The third-order valence-corrected chi connectivity index (χ3v) is 6.00. The van der Waals surface area contributed by atoms with Crippen LogP contribution < -0.4 is 26.0 Å². The first-order valence-electron chi connectivity index (χ1n) is 13.0. The van der Waals surface area contributed by atoms with Crippen molar-refractivity contribution in [1.29, 1.82) is 0 Å². The monoisotopic (exact) mass is 597 g/mol. The molecule has 5 N–H and O–H groups in total. The molecule has 0 atom stereocenters. The van der Waals surface area contributed by atoms with Gasteiger partial charge in [-0.25, -0.2) is 4.98 Å². The van der Waals surface area contributed by atoms with Crippen LogP contribution in [0, 0.1) is 0 Å². The molecule has 2 amide bonds. The van der Waals surface area contributed by atoms with Crippen molar-refractivity contribution < 1.29 is 27.3 Å². The fourth-order valence-corrected chi connectivity index (χ4v) is 3.92. The molecule has 3 aromatic rings. The lowest BCUT2D eigenvalue weighted by Gasteiger charge is -2.34. The predicted octanol–water partition coefficient (Wildman–Crippen LogP) is 3.05. The third-order valence-electron chi connectivity index (χ3n) is 6.00. The lowest BCUT2D eigenvalue weighted by molar-refractivity contribution is -0.111. The standard InChI is InChI=1S/C27H31N7O3.CH4O3S/c1-4-22-27(37-21-8-6-7-19(17-21)29-23(35)5-2)32-26(24(31-22)25(28)36)30-18-9-11-20(12-10-18)34-15-13-33(3)14-16-34;1-5(2,3)4/h5-12,17H,2,4,13-16H2,1,3H3,(H2,28,36)(H,29,35)(H,30,32);1H3,(H,2,3,4). The van der Waals surface area contributed by atoms with E-state index in [-0.39, 0.29) is 23.3 Å². The normalized spacial score (nSPS) is 13.4. The number of aryl methyl sites for hydroxylation is 1. The Morgan fingerprint density at radius 2 is 1.74 bits per heavy atom. The van der Waals surface area contributed by atoms with Crippen LogP contribution in [-0.2, 0) is 21.3 Å². The molecule has 13 nitrogen and oxygen atoms in total. The van der Waals surface area contributed by atoms with Crippen molar-refractivity contribution in [1.82, 2.24) is 14.9 Å². The predicted molar refractivity (Wildman–Crippen MR) is 162 cm³/mol. The van der Waals surface area contributed by atoms with Gasteiger partial charge in [-0.1, -0.05) is 19.6 Å². The van der Waals surface area contributed by atoms with E-state index in [9.17, 15) is 18.0 Å². The van der Waals surface area contributed by atoms with Crippen molar-refractivity contribution in [2.24, 2.45) is 5.73 Å². The molecule has 1 fully saturated rings. The Hall–Kier alpha value is -4.53. The Balaban J connectivity index is 0.000000892. The van der Waals surface area contributed by atoms with Crippen LogP contribution in [0.1, 0.15) is 23.1 Å². The largest absolute Gasteiger partial charge is 0.437 e. The molecule has 0 aliphatic carbocycles. The highest BCUT2D eigenvalue weighted by atomic mass is 32.2. The minimum atomic E-state index is -3.67. The molecular weight excluding hydrogens is 562 g/mol. The number of primary amides is 1. The molecule has 0 bridgehead atoms. The Labute approximate surface area is 245 Å². The number of anilines is 4. The van der Waals surface area contributed by atoms with E-state index in [4.69, 9.17) is 15.0 Å². The van der Waals surface area contributed by atoms with Gasteiger partial charge in [-0.05, 0) is 55.9 Å². The Kier molecular flexibility index (Phi) is 11.0. The minimum Gasteiger partial charge on any atom is -0.437 e. The number of hydrogen-bond donors (Lipinski definition) is 4. The molecule has 1 aromatic heterocycles. The van der Waals surface area contributed by atoms with Crippen molar-refractivity contribution in [2.75, 3.05) is 55.0 Å². The Morgan fingerprint density at radius 1 is 1.10 bits per heavy atom. The molecule has 2 heterocycles. The van der Waals surface area contributed by atoms with Gasteiger partial charge in [-0.2, -0.15) is 13.4 Å². The number of carbonyl (C=O) groups is 2. The SMILES string of the molecule is C=CC(=O)Nc1cccc(Oc2nc(Nc3ccc(N4CCN(C)CC4)cc3)c(C(N)=O)nc2CC)c1.CS(=O)(=O)O. The van der Waals surface area contributed by atoms with Crippen LogP contribution in [0.2, 0.25) is 0 Å². The average molecular weight is 598 g/mol. The molecule has 4 rings (SSSR count). The number of ether oxygens (including phenoxy) is 1. The van der Waals surface area contributed by atoms with Gasteiger partial charge in [-0.15, -0.1) is 0 Å². The molecule has 0 radical (unpaired) electrons. The number of nitrogens with zero attached hydrogens (tertiary/aromatic N) is 4. The maximum atomic E-state index is 12.2. The number of nitrogens with one attached hydrogen (secondary N) is 2. The second-order valence-electron chi connectivity index (χ2n) is 9.41. The van der Waals surface area contributed by atoms with E-state index in [0.29, 0.717) is 29.8 Å². The van der Waals surface area contributed by atoms with Gasteiger partial charge in [0.2, 0.25) is 11.8 Å². The molecule has 2 aromatic carbocycles. The average Bonchev–Trinajstić information content (AvgIpc) is 2.93. The molecule has 42 heavy (non-hydrogen) atoms. The summed E-state index contributed by atoms with van der Waals surface area (Å²) in [5.74, 6) is -0.152. The summed E-state index contributed by atoms with van der Waals surface area (Å²) in [5.41, 5.74) is 8.54. The molecule has 0 spiro atoms. The van der Waals surface area contributed by atoms with Gasteiger partial charge in [0, 0.05) is 49.3 Å². The van der Waals surface area contributed by atoms with Crippen molar-refractivity contribution >= 4 is 44.8 Å². The number of likely N-dealkylation sites (N-methyl/N-ethyl adjacent to an activating group) is 1. The number of piperazine rings is 1. The third kappa shape index (κ3) is 9.83. The lowest BCUT2D eigenvalue weighted by atomic mass is 10.2. The Morgan fingerprint density at radius 3 is 2.31 bits per heavy atom. The fourth-order valence-electron chi connectivity index (χ4n) is 3.92. The summed E-state index contributed by atoms with van der Waals surface area (Å²) >= 11 is 0. The summed E-state index contributed by atoms with van der Waals surface area (Å²) in [6, 6.07) is 14.8. The zero-order valence-corrected chi connectivity index (χ0v) is 24.5. The zero-order chi connectivity index (χ0) is 30.9. The van der Waals surface area contributed by atoms with Gasteiger partial charge < -0.3 is 30.9 Å². The van der Waals surface area contributed by atoms with Gasteiger partial charge in [0.25, 0.3) is 16.0 Å². The van der Waals surface area contributed by atoms with Crippen molar-refractivity contribution in [3.63, 3.8) is 0 Å².